The molecule has 8 heteroatoms. The number of rotatable bonds is 2. The molecule has 6 nitrogen and oxygen atoms in total. The first-order valence-electron chi connectivity index (χ1n) is 4.71. The van der Waals surface area contributed by atoms with Crippen LogP contribution in [-0.2, 0) is 0 Å². The number of halogens is 2. The second-order valence-electron chi connectivity index (χ2n) is 3.17. The molecule has 0 unspecified atom stereocenters. The predicted molar refractivity (Wildman–Crippen MR) is 65.9 cm³/mol. The maximum absolute atomic E-state index is 11.8. The normalized spacial score (nSPS) is 10.1. The molecule has 2 aromatic rings. The molecule has 0 aromatic carbocycles. The first-order valence-corrected chi connectivity index (χ1v) is 5.47. The van der Waals surface area contributed by atoms with Gasteiger partial charge in [-0.2, -0.15) is 0 Å². The zero-order chi connectivity index (χ0) is 13.1. The number of anilines is 1. The lowest BCUT2D eigenvalue weighted by Crippen LogP contribution is -2.14. The number of hydrogen-bond acceptors (Lipinski definition) is 5. The fraction of sp³-hybridized carbons (Fsp3) is 0. The fourth-order valence-electron chi connectivity index (χ4n) is 1.20. The van der Waals surface area contributed by atoms with E-state index in [1.54, 1.807) is 0 Å². The van der Waals surface area contributed by atoms with Crippen LogP contribution in [0.4, 0.5) is 5.82 Å². The van der Waals surface area contributed by atoms with E-state index >= 15 is 0 Å². The number of carbonyl (C=O) groups excluding carboxylic acids is 1. The van der Waals surface area contributed by atoms with Crippen LogP contribution in [0, 0.1) is 0 Å². The topological polar surface area (TPSA) is 88.0 Å². The Morgan fingerprint density at radius 1 is 1.33 bits per heavy atom. The highest BCUT2D eigenvalue weighted by molar-refractivity contribution is 6.32. The molecule has 0 aliphatic carbocycles. The zero-order valence-electron chi connectivity index (χ0n) is 8.76. The zero-order valence-corrected chi connectivity index (χ0v) is 10.3. The Morgan fingerprint density at radius 2 is 2.11 bits per heavy atom. The minimum Gasteiger partial charge on any atom is -0.505 e. The van der Waals surface area contributed by atoms with Crippen LogP contribution in [0.25, 0.3) is 0 Å². The average molecular weight is 285 g/mol. The molecule has 2 heterocycles. The molecule has 0 bridgehead atoms. The van der Waals surface area contributed by atoms with E-state index in [-0.39, 0.29) is 27.7 Å². The predicted octanol–water partition coefficient (Wildman–Crippen LogP) is 2.14. The smallest absolute Gasteiger partial charge is 0.279 e. The lowest BCUT2D eigenvalue weighted by molar-refractivity contribution is 0.101. The Morgan fingerprint density at radius 3 is 2.78 bits per heavy atom. The Labute approximate surface area is 112 Å². The highest BCUT2D eigenvalue weighted by Gasteiger charge is 2.13. The third kappa shape index (κ3) is 2.85. The van der Waals surface area contributed by atoms with Gasteiger partial charge in [0, 0.05) is 12.3 Å². The van der Waals surface area contributed by atoms with Gasteiger partial charge in [-0.3, -0.25) is 4.79 Å². The van der Waals surface area contributed by atoms with Gasteiger partial charge in [-0.15, -0.1) is 0 Å². The fourth-order valence-corrected chi connectivity index (χ4v) is 1.61. The van der Waals surface area contributed by atoms with Crippen LogP contribution in [0.3, 0.4) is 0 Å². The number of pyridine rings is 1. The number of aromatic hydroxyl groups is 1. The minimum absolute atomic E-state index is 0.0931. The molecule has 0 saturated heterocycles. The molecule has 2 N–H and O–H groups in total. The van der Waals surface area contributed by atoms with E-state index in [9.17, 15) is 9.90 Å². The Balaban J connectivity index is 2.24. The van der Waals surface area contributed by atoms with Crippen LogP contribution in [0.15, 0.2) is 24.4 Å². The van der Waals surface area contributed by atoms with Crippen molar-refractivity contribution >= 4 is 34.9 Å². The molecule has 18 heavy (non-hydrogen) atoms. The number of nitrogens with zero attached hydrogens (tertiary/aromatic N) is 3. The van der Waals surface area contributed by atoms with Crippen molar-refractivity contribution in [1.82, 2.24) is 15.0 Å². The van der Waals surface area contributed by atoms with Crippen LogP contribution in [-0.4, -0.2) is 26.0 Å². The summed E-state index contributed by atoms with van der Waals surface area (Å²) in [7, 11) is 0. The summed E-state index contributed by atoms with van der Waals surface area (Å²) < 4.78 is 0. The Kier molecular flexibility index (Phi) is 3.59. The van der Waals surface area contributed by atoms with Gasteiger partial charge in [0.1, 0.15) is 16.7 Å². The van der Waals surface area contributed by atoms with Crippen LogP contribution < -0.4 is 5.32 Å². The maximum Gasteiger partial charge on any atom is 0.279 e. The van der Waals surface area contributed by atoms with Gasteiger partial charge in [0.05, 0.1) is 0 Å². The standard InChI is InChI=1S/C10H6Cl2N4O2/c11-6-4-7(16-10(12)14-6)15-9(18)8-5(17)2-1-3-13-8/h1-4,17H,(H,14,15,16,18). The second-order valence-corrected chi connectivity index (χ2v) is 3.90. The monoisotopic (exact) mass is 284 g/mol. The second kappa shape index (κ2) is 5.16. The molecule has 1 amide bonds. The first kappa shape index (κ1) is 12.5. The molecule has 0 radical (unpaired) electrons. The van der Waals surface area contributed by atoms with E-state index in [1.165, 1.54) is 24.4 Å². The van der Waals surface area contributed by atoms with Crippen molar-refractivity contribution in [2.24, 2.45) is 0 Å². The number of carbonyl (C=O) groups is 1. The number of amides is 1. The molecule has 92 valence electrons. The van der Waals surface area contributed by atoms with E-state index in [4.69, 9.17) is 23.2 Å². The molecule has 0 aliphatic heterocycles. The highest BCUT2D eigenvalue weighted by Crippen LogP contribution is 2.17. The molecule has 2 aromatic heterocycles. The quantitative estimate of drug-likeness (QED) is 0.652. The van der Waals surface area contributed by atoms with E-state index in [0.717, 1.165) is 0 Å². The van der Waals surface area contributed by atoms with Gasteiger partial charge in [-0.05, 0) is 23.7 Å². The van der Waals surface area contributed by atoms with E-state index < -0.39 is 5.91 Å². The summed E-state index contributed by atoms with van der Waals surface area (Å²) in [5.74, 6) is -0.741. The minimum atomic E-state index is -0.626. The van der Waals surface area contributed by atoms with E-state index in [2.05, 4.69) is 20.3 Å². The van der Waals surface area contributed by atoms with Crippen LogP contribution in [0.1, 0.15) is 10.5 Å². The van der Waals surface area contributed by atoms with Gasteiger partial charge in [0.25, 0.3) is 5.91 Å². The van der Waals surface area contributed by atoms with Crippen molar-refractivity contribution in [3.63, 3.8) is 0 Å². The molecular weight excluding hydrogens is 279 g/mol. The van der Waals surface area contributed by atoms with Crippen LogP contribution in [0.2, 0.25) is 10.4 Å². The molecule has 0 spiro atoms. The van der Waals surface area contributed by atoms with E-state index in [1.807, 2.05) is 0 Å². The van der Waals surface area contributed by atoms with Gasteiger partial charge >= 0.3 is 0 Å². The van der Waals surface area contributed by atoms with E-state index in [0.29, 0.717) is 0 Å². The summed E-state index contributed by atoms with van der Waals surface area (Å²) in [6.45, 7) is 0. The third-order valence-electron chi connectivity index (χ3n) is 1.91. The van der Waals surface area contributed by atoms with Crippen molar-refractivity contribution in [2.45, 2.75) is 0 Å². The maximum atomic E-state index is 11.8. The number of hydrogen-bond donors (Lipinski definition) is 2. The van der Waals surface area contributed by atoms with Gasteiger partial charge in [0.15, 0.2) is 5.69 Å². The molecule has 0 aliphatic rings. The molecule has 0 atom stereocenters. The molecule has 0 saturated carbocycles. The summed E-state index contributed by atoms with van der Waals surface area (Å²) in [5, 5.41) is 11.9. The van der Waals surface area contributed by atoms with Crippen molar-refractivity contribution in [3.8, 4) is 5.75 Å². The van der Waals surface area contributed by atoms with Gasteiger partial charge in [0.2, 0.25) is 5.28 Å². The summed E-state index contributed by atoms with van der Waals surface area (Å²) >= 11 is 11.2. The molecule has 0 fully saturated rings. The van der Waals surface area contributed by atoms with Gasteiger partial charge < -0.3 is 10.4 Å². The van der Waals surface area contributed by atoms with Crippen LogP contribution in [0.5, 0.6) is 5.75 Å². The Bertz CT molecular complexity index is 586. The summed E-state index contributed by atoms with van der Waals surface area (Å²) in [6, 6.07) is 4.18. The number of nitrogens with one attached hydrogen (secondary N) is 1. The van der Waals surface area contributed by atoms with Crippen molar-refractivity contribution in [1.29, 1.82) is 0 Å². The Hall–Kier alpha value is -1.92. The third-order valence-corrected chi connectivity index (χ3v) is 2.27. The largest absolute Gasteiger partial charge is 0.505 e. The average Bonchev–Trinajstić information content (AvgIpc) is 2.27. The SMILES string of the molecule is O=C(Nc1cc(Cl)nc(Cl)n1)c1ncccc1O. The lowest BCUT2D eigenvalue weighted by atomic mass is 10.3. The van der Waals surface area contributed by atoms with Crippen LogP contribution >= 0.6 is 23.2 Å². The molecule has 2 rings (SSSR count). The van der Waals surface area contributed by atoms with Gasteiger partial charge in [-0.25, -0.2) is 15.0 Å². The van der Waals surface area contributed by atoms with Crippen molar-refractivity contribution < 1.29 is 9.90 Å². The molecular formula is C10H6Cl2N4O2. The van der Waals surface area contributed by atoms with Crippen molar-refractivity contribution in [2.75, 3.05) is 5.32 Å². The number of aromatic nitrogens is 3. The van der Waals surface area contributed by atoms with Gasteiger partial charge in [-0.1, -0.05) is 11.6 Å². The summed E-state index contributed by atoms with van der Waals surface area (Å²) in [6.07, 6.45) is 1.38. The lowest BCUT2D eigenvalue weighted by Gasteiger charge is -2.05. The summed E-state index contributed by atoms with van der Waals surface area (Å²) in [5.41, 5.74) is -0.122. The highest BCUT2D eigenvalue weighted by atomic mass is 35.5. The first-order chi connectivity index (χ1) is 8.56. The van der Waals surface area contributed by atoms with Crippen molar-refractivity contribution in [3.05, 3.63) is 40.5 Å². The summed E-state index contributed by atoms with van der Waals surface area (Å²) in [4.78, 5) is 22.9.